The van der Waals surface area contributed by atoms with E-state index in [1.165, 1.54) is 31.5 Å². The van der Waals surface area contributed by atoms with Gasteiger partial charge in [0.1, 0.15) is 5.82 Å². The quantitative estimate of drug-likeness (QED) is 0.877. The second-order valence-electron chi connectivity index (χ2n) is 6.08. The normalized spacial score (nSPS) is 21.0. The molecular formula is C16H21FN4O2. The fourth-order valence-corrected chi connectivity index (χ4v) is 3.27. The van der Waals surface area contributed by atoms with Crippen LogP contribution >= 0.6 is 0 Å². The highest BCUT2D eigenvalue weighted by atomic mass is 19.1. The molecule has 2 aliphatic rings. The summed E-state index contributed by atoms with van der Waals surface area (Å²) in [7, 11) is 0. The second kappa shape index (κ2) is 6.54. The number of urea groups is 1. The van der Waals surface area contributed by atoms with Crippen LogP contribution in [-0.4, -0.2) is 54.0 Å². The van der Waals surface area contributed by atoms with E-state index in [9.17, 15) is 14.0 Å². The molecule has 0 unspecified atom stereocenters. The summed E-state index contributed by atoms with van der Waals surface area (Å²) in [5.74, 6) is -0.887. The van der Waals surface area contributed by atoms with Crippen LogP contribution in [-0.2, 0) is 4.79 Å². The molecule has 2 fully saturated rings. The van der Waals surface area contributed by atoms with Crippen LogP contribution in [0, 0.1) is 5.82 Å². The second-order valence-corrected chi connectivity index (χ2v) is 6.08. The lowest BCUT2D eigenvalue weighted by molar-refractivity contribution is -0.114. The van der Waals surface area contributed by atoms with Crippen LogP contribution in [0.1, 0.15) is 19.8 Å². The number of nitrogens with one attached hydrogen (secondary N) is 2. The van der Waals surface area contributed by atoms with Gasteiger partial charge in [0.25, 0.3) is 0 Å². The van der Waals surface area contributed by atoms with Gasteiger partial charge in [0.05, 0.1) is 5.69 Å². The molecule has 23 heavy (non-hydrogen) atoms. The Labute approximate surface area is 134 Å². The van der Waals surface area contributed by atoms with Crippen molar-refractivity contribution in [1.82, 2.24) is 9.80 Å². The third-order valence-electron chi connectivity index (χ3n) is 4.40. The van der Waals surface area contributed by atoms with Gasteiger partial charge in [-0.15, -0.1) is 0 Å². The molecule has 2 saturated heterocycles. The van der Waals surface area contributed by atoms with E-state index in [2.05, 4.69) is 15.5 Å². The van der Waals surface area contributed by atoms with E-state index in [0.29, 0.717) is 18.3 Å². The van der Waals surface area contributed by atoms with Crippen molar-refractivity contribution in [2.75, 3.05) is 36.8 Å². The molecule has 2 aliphatic heterocycles. The number of hydrogen-bond donors (Lipinski definition) is 2. The molecule has 1 aromatic rings. The first-order valence-corrected chi connectivity index (χ1v) is 7.90. The molecule has 0 aromatic heterocycles. The molecular weight excluding hydrogens is 299 g/mol. The zero-order valence-corrected chi connectivity index (χ0v) is 13.1. The number of anilines is 2. The van der Waals surface area contributed by atoms with E-state index < -0.39 is 5.82 Å². The SMILES string of the molecule is CC(=O)Nc1cc(NC(=O)N2CCN3CCC[C@@H]3C2)ccc1F. The van der Waals surface area contributed by atoms with Crippen molar-refractivity contribution in [3.63, 3.8) is 0 Å². The Morgan fingerprint density at radius 3 is 2.83 bits per heavy atom. The van der Waals surface area contributed by atoms with Gasteiger partial charge in [-0.05, 0) is 37.6 Å². The van der Waals surface area contributed by atoms with Crippen LogP contribution in [0.2, 0.25) is 0 Å². The van der Waals surface area contributed by atoms with Crippen LogP contribution in [0.5, 0.6) is 0 Å². The Hall–Kier alpha value is -2.15. The maximum absolute atomic E-state index is 13.6. The summed E-state index contributed by atoms with van der Waals surface area (Å²) in [5, 5.41) is 5.19. The predicted octanol–water partition coefficient (Wildman–Crippen LogP) is 2.10. The molecule has 6 nitrogen and oxygen atoms in total. The fraction of sp³-hybridized carbons (Fsp3) is 0.500. The number of carbonyl (C=O) groups excluding carboxylic acids is 2. The lowest BCUT2D eigenvalue weighted by Gasteiger charge is -2.37. The van der Waals surface area contributed by atoms with Gasteiger partial charge in [-0.25, -0.2) is 9.18 Å². The molecule has 7 heteroatoms. The number of rotatable bonds is 2. The first kappa shape index (κ1) is 15.7. The van der Waals surface area contributed by atoms with Crippen LogP contribution in [0.3, 0.4) is 0 Å². The summed E-state index contributed by atoms with van der Waals surface area (Å²) in [6.45, 7) is 4.76. The summed E-state index contributed by atoms with van der Waals surface area (Å²) >= 11 is 0. The highest BCUT2D eigenvalue weighted by Crippen LogP contribution is 2.23. The molecule has 0 bridgehead atoms. The van der Waals surface area contributed by atoms with E-state index in [-0.39, 0.29) is 17.6 Å². The van der Waals surface area contributed by atoms with Gasteiger partial charge in [0, 0.05) is 38.3 Å². The number of halogens is 1. The minimum atomic E-state index is -0.530. The number of carbonyl (C=O) groups is 2. The van der Waals surface area contributed by atoms with E-state index in [1.807, 2.05) is 0 Å². The van der Waals surface area contributed by atoms with Gasteiger partial charge < -0.3 is 15.5 Å². The Balaban J connectivity index is 1.64. The lowest BCUT2D eigenvalue weighted by atomic mass is 10.1. The Bertz CT molecular complexity index is 622. The molecule has 0 spiro atoms. The molecule has 3 amide bonds. The van der Waals surface area contributed by atoms with Gasteiger partial charge in [-0.3, -0.25) is 9.69 Å². The first-order chi connectivity index (χ1) is 11.0. The van der Waals surface area contributed by atoms with Crippen LogP contribution in [0.4, 0.5) is 20.6 Å². The van der Waals surface area contributed by atoms with E-state index in [1.54, 1.807) is 4.90 Å². The highest BCUT2D eigenvalue weighted by Gasteiger charge is 2.32. The third kappa shape index (κ3) is 3.61. The molecule has 1 aromatic carbocycles. The van der Waals surface area contributed by atoms with Crippen LogP contribution < -0.4 is 10.6 Å². The van der Waals surface area contributed by atoms with Crippen molar-refractivity contribution < 1.29 is 14.0 Å². The first-order valence-electron chi connectivity index (χ1n) is 7.90. The summed E-state index contributed by atoms with van der Waals surface area (Å²) in [6, 6.07) is 4.43. The van der Waals surface area contributed by atoms with Gasteiger partial charge in [-0.2, -0.15) is 0 Å². The van der Waals surface area contributed by atoms with Crippen molar-refractivity contribution in [2.45, 2.75) is 25.8 Å². The van der Waals surface area contributed by atoms with E-state index >= 15 is 0 Å². The number of nitrogens with zero attached hydrogens (tertiary/aromatic N) is 2. The lowest BCUT2D eigenvalue weighted by Crippen LogP contribution is -2.53. The average Bonchev–Trinajstić information content (AvgIpc) is 2.97. The van der Waals surface area contributed by atoms with Gasteiger partial charge >= 0.3 is 6.03 Å². The minimum Gasteiger partial charge on any atom is -0.324 e. The molecule has 0 saturated carbocycles. The van der Waals surface area contributed by atoms with Crippen LogP contribution in [0.25, 0.3) is 0 Å². The standard InChI is InChI=1S/C16H21FN4O2/c1-11(22)18-15-9-12(4-5-14(15)17)19-16(23)21-8-7-20-6-2-3-13(20)10-21/h4-5,9,13H,2-3,6-8,10H2,1H3,(H,18,22)(H,19,23)/t13-/m1/s1. The Morgan fingerprint density at radius 2 is 2.04 bits per heavy atom. The van der Waals surface area contributed by atoms with Gasteiger partial charge in [-0.1, -0.05) is 0 Å². The van der Waals surface area contributed by atoms with Gasteiger partial charge in [0.15, 0.2) is 0 Å². The maximum atomic E-state index is 13.6. The van der Waals surface area contributed by atoms with Crippen LogP contribution in [0.15, 0.2) is 18.2 Å². The molecule has 2 heterocycles. The van der Waals surface area contributed by atoms with Crippen molar-refractivity contribution in [3.05, 3.63) is 24.0 Å². The summed E-state index contributed by atoms with van der Waals surface area (Å²) in [5.41, 5.74) is 0.532. The number of amides is 3. The number of piperazine rings is 1. The zero-order valence-electron chi connectivity index (χ0n) is 13.1. The largest absolute Gasteiger partial charge is 0.324 e. The van der Waals surface area contributed by atoms with Crippen molar-refractivity contribution in [3.8, 4) is 0 Å². The molecule has 0 radical (unpaired) electrons. The van der Waals surface area contributed by atoms with E-state index in [0.717, 1.165) is 26.1 Å². The fourth-order valence-electron chi connectivity index (χ4n) is 3.27. The number of hydrogen-bond acceptors (Lipinski definition) is 3. The Morgan fingerprint density at radius 1 is 1.22 bits per heavy atom. The highest BCUT2D eigenvalue weighted by molar-refractivity contribution is 5.92. The molecule has 3 rings (SSSR count). The number of fused-ring (bicyclic) bond motifs is 1. The smallest absolute Gasteiger partial charge is 0.321 e. The van der Waals surface area contributed by atoms with Crippen molar-refractivity contribution in [2.24, 2.45) is 0 Å². The summed E-state index contributed by atoms with van der Waals surface area (Å²) in [4.78, 5) is 27.7. The predicted molar refractivity (Wildman–Crippen MR) is 85.9 cm³/mol. The summed E-state index contributed by atoms with van der Waals surface area (Å²) in [6.07, 6.45) is 2.32. The minimum absolute atomic E-state index is 0.0657. The third-order valence-corrected chi connectivity index (χ3v) is 4.40. The van der Waals surface area contributed by atoms with E-state index in [4.69, 9.17) is 0 Å². The molecule has 124 valence electrons. The average molecular weight is 320 g/mol. The monoisotopic (exact) mass is 320 g/mol. The molecule has 0 aliphatic carbocycles. The molecule has 2 N–H and O–H groups in total. The number of benzene rings is 1. The zero-order chi connectivity index (χ0) is 16.4. The van der Waals surface area contributed by atoms with Gasteiger partial charge in [0.2, 0.25) is 5.91 Å². The van der Waals surface area contributed by atoms with Crippen molar-refractivity contribution >= 4 is 23.3 Å². The molecule has 1 atom stereocenters. The Kier molecular flexibility index (Phi) is 4.47. The maximum Gasteiger partial charge on any atom is 0.321 e. The summed E-state index contributed by atoms with van der Waals surface area (Å²) < 4.78 is 13.6. The van der Waals surface area contributed by atoms with Crippen molar-refractivity contribution in [1.29, 1.82) is 0 Å². The topological polar surface area (TPSA) is 64.7 Å².